The molecule has 4 rings (SSSR count). The number of hydrogen-bond acceptors (Lipinski definition) is 5. The van der Waals surface area contributed by atoms with Gasteiger partial charge in [-0.05, 0) is 61.7 Å². The molecule has 27 heavy (non-hydrogen) atoms. The van der Waals surface area contributed by atoms with Crippen LogP contribution in [0.4, 0.5) is 5.69 Å². The maximum absolute atomic E-state index is 12.0. The highest BCUT2D eigenvalue weighted by molar-refractivity contribution is 7.21. The van der Waals surface area contributed by atoms with Gasteiger partial charge in [-0.3, -0.25) is 9.59 Å². The zero-order chi connectivity index (χ0) is 18.8. The zero-order valence-corrected chi connectivity index (χ0v) is 15.8. The van der Waals surface area contributed by atoms with E-state index in [1.54, 1.807) is 11.3 Å². The molecule has 1 amide bonds. The van der Waals surface area contributed by atoms with Gasteiger partial charge in [-0.25, -0.2) is 4.98 Å². The van der Waals surface area contributed by atoms with Crippen molar-refractivity contribution in [2.45, 2.75) is 26.2 Å². The minimum Gasteiger partial charge on any atom is -0.455 e. The van der Waals surface area contributed by atoms with Gasteiger partial charge in [-0.2, -0.15) is 0 Å². The molecule has 0 unspecified atom stereocenters. The van der Waals surface area contributed by atoms with E-state index in [0.29, 0.717) is 5.69 Å². The summed E-state index contributed by atoms with van der Waals surface area (Å²) in [6.45, 7) is 1.83. The second-order valence-corrected chi connectivity index (χ2v) is 7.88. The van der Waals surface area contributed by atoms with E-state index < -0.39 is 0 Å². The van der Waals surface area contributed by atoms with Crippen LogP contribution in [0.15, 0.2) is 42.5 Å². The Kier molecular flexibility index (Phi) is 4.90. The fourth-order valence-corrected chi connectivity index (χ4v) is 4.02. The van der Waals surface area contributed by atoms with Crippen LogP contribution in [0.1, 0.15) is 24.8 Å². The first-order valence-corrected chi connectivity index (χ1v) is 9.84. The van der Waals surface area contributed by atoms with Gasteiger partial charge in [-0.1, -0.05) is 12.5 Å². The van der Waals surface area contributed by atoms with E-state index in [-0.39, 0.29) is 24.4 Å². The van der Waals surface area contributed by atoms with Crippen LogP contribution in [0.2, 0.25) is 0 Å². The van der Waals surface area contributed by atoms with Crippen LogP contribution in [0, 0.1) is 12.8 Å². The molecule has 1 aliphatic rings. The number of nitrogens with one attached hydrogen (secondary N) is 1. The molecule has 0 aliphatic heterocycles. The Morgan fingerprint density at radius 3 is 2.67 bits per heavy atom. The van der Waals surface area contributed by atoms with Gasteiger partial charge in [-0.15, -0.1) is 11.3 Å². The fourth-order valence-electron chi connectivity index (χ4n) is 2.95. The maximum atomic E-state index is 12.0. The van der Waals surface area contributed by atoms with Crippen LogP contribution < -0.4 is 5.32 Å². The summed E-state index contributed by atoms with van der Waals surface area (Å²) in [6, 6.07) is 13.8. The Hall–Kier alpha value is -2.73. The van der Waals surface area contributed by atoms with Gasteiger partial charge in [0.1, 0.15) is 5.01 Å². The third-order valence-electron chi connectivity index (χ3n) is 4.74. The molecule has 2 aromatic carbocycles. The molecule has 1 aliphatic carbocycles. The summed E-state index contributed by atoms with van der Waals surface area (Å²) in [5, 5.41) is 3.70. The molecule has 6 heteroatoms. The van der Waals surface area contributed by atoms with Gasteiger partial charge in [0.15, 0.2) is 6.61 Å². The van der Waals surface area contributed by atoms with Gasteiger partial charge < -0.3 is 10.1 Å². The number of aryl methyl sites for hydroxylation is 1. The highest BCUT2D eigenvalue weighted by atomic mass is 32.1. The van der Waals surface area contributed by atoms with Crippen molar-refractivity contribution in [1.29, 1.82) is 0 Å². The van der Waals surface area contributed by atoms with Crippen molar-refractivity contribution >= 4 is 39.1 Å². The molecular formula is C21H20N2O3S. The Labute approximate surface area is 161 Å². The van der Waals surface area contributed by atoms with Crippen molar-refractivity contribution in [2.24, 2.45) is 5.92 Å². The number of rotatable bonds is 5. The first kappa shape index (κ1) is 17.7. The predicted molar refractivity (Wildman–Crippen MR) is 107 cm³/mol. The number of anilines is 1. The third-order valence-corrected chi connectivity index (χ3v) is 5.81. The molecule has 1 saturated carbocycles. The topological polar surface area (TPSA) is 68.3 Å². The zero-order valence-electron chi connectivity index (χ0n) is 15.0. The number of esters is 1. The van der Waals surface area contributed by atoms with Crippen molar-refractivity contribution in [2.75, 3.05) is 11.9 Å². The van der Waals surface area contributed by atoms with Crippen LogP contribution in [0.3, 0.4) is 0 Å². The molecule has 0 atom stereocenters. The van der Waals surface area contributed by atoms with Crippen LogP contribution >= 0.6 is 11.3 Å². The molecule has 0 radical (unpaired) electrons. The van der Waals surface area contributed by atoms with E-state index in [9.17, 15) is 9.59 Å². The molecule has 0 bridgehead atoms. The van der Waals surface area contributed by atoms with E-state index in [2.05, 4.69) is 29.4 Å². The van der Waals surface area contributed by atoms with Gasteiger partial charge in [0.05, 0.1) is 16.1 Å². The number of ether oxygens (including phenoxy) is 1. The van der Waals surface area contributed by atoms with Gasteiger partial charge >= 0.3 is 5.97 Å². The third kappa shape index (κ3) is 4.01. The lowest BCUT2D eigenvalue weighted by Crippen LogP contribution is -2.28. The summed E-state index contributed by atoms with van der Waals surface area (Å²) in [5.74, 6) is -0.613. The summed E-state index contributed by atoms with van der Waals surface area (Å²) in [4.78, 5) is 28.3. The number of amides is 1. The molecule has 1 fully saturated rings. The van der Waals surface area contributed by atoms with Gasteiger partial charge in [0, 0.05) is 11.3 Å². The largest absolute Gasteiger partial charge is 0.455 e. The number of fused-ring (bicyclic) bond motifs is 1. The minimum absolute atomic E-state index is 0.0188. The molecule has 1 heterocycles. The highest BCUT2D eigenvalue weighted by Crippen LogP contribution is 2.31. The van der Waals surface area contributed by atoms with Crippen molar-refractivity contribution in [3.8, 4) is 10.6 Å². The van der Waals surface area contributed by atoms with Crippen LogP contribution in [-0.2, 0) is 14.3 Å². The number of carbonyl (C=O) groups excluding carboxylic acids is 2. The van der Waals surface area contributed by atoms with E-state index in [1.807, 2.05) is 30.3 Å². The molecular weight excluding hydrogens is 360 g/mol. The summed E-state index contributed by atoms with van der Waals surface area (Å²) >= 11 is 1.65. The number of nitrogens with zero attached hydrogens (tertiary/aromatic N) is 1. The van der Waals surface area contributed by atoms with Crippen molar-refractivity contribution in [3.05, 3.63) is 48.0 Å². The van der Waals surface area contributed by atoms with E-state index in [0.717, 1.165) is 40.1 Å². The van der Waals surface area contributed by atoms with Crippen LogP contribution in [0.25, 0.3) is 20.8 Å². The Morgan fingerprint density at radius 1 is 1.19 bits per heavy atom. The van der Waals surface area contributed by atoms with E-state index in [4.69, 9.17) is 4.74 Å². The average Bonchev–Trinajstić information content (AvgIpc) is 3.02. The Bertz CT molecular complexity index is 990. The summed E-state index contributed by atoms with van der Waals surface area (Å²) in [7, 11) is 0. The van der Waals surface area contributed by atoms with Crippen molar-refractivity contribution in [1.82, 2.24) is 4.98 Å². The highest BCUT2D eigenvalue weighted by Gasteiger charge is 2.27. The lowest BCUT2D eigenvalue weighted by Gasteiger charge is -2.22. The molecule has 3 aromatic rings. The predicted octanol–water partition coefficient (Wildman–Crippen LogP) is 4.55. The summed E-state index contributed by atoms with van der Waals surface area (Å²) in [6.07, 6.45) is 2.80. The number of thiazole rings is 1. The summed E-state index contributed by atoms with van der Waals surface area (Å²) < 4.78 is 6.22. The molecule has 1 aromatic heterocycles. The first-order valence-electron chi connectivity index (χ1n) is 9.02. The molecule has 1 N–H and O–H groups in total. The van der Waals surface area contributed by atoms with E-state index in [1.165, 1.54) is 5.56 Å². The number of aromatic nitrogens is 1. The van der Waals surface area contributed by atoms with Crippen LogP contribution in [0.5, 0.6) is 0 Å². The average molecular weight is 380 g/mol. The fraction of sp³-hybridized carbons (Fsp3) is 0.286. The molecule has 5 nitrogen and oxygen atoms in total. The monoisotopic (exact) mass is 380 g/mol. The number of carbonyl (C=O) groups is 2. The lowest BCUT2D eigenvalue weighted by molar-refractivity contribution is -0.154. The second-order valence-electron chi connectivity index (χ2n) is 6.85. The van der Waals surface area contributed by atoms with Crippen molar-refractivity contribution < 1.29 is 14.3 Å². The molecule has 0 saturated heterocycles. The standard InChI is InChI=1S/C21H20N2O3S/c1-13-5-10-17-18(11-13)27-20(23-17)14-6-8-16(9-7-14)22-19(24)12-26-21(25)15-3-2-4-15/h5-11,15H,2-4,12H2,1H3,(H,22,24). The lowest BCUT2D eigenvalue weighted by atomic mass is 9.86. The Morgan fingerprint density at radius 2 is 1.96 bits per heavy atom. The van der Waals surface area contributed by atoms with Gasteiger partial charge in [0.2, 0.25) is 0 Å². The SMILES string of the molecule is Cc1ccc2nc(-c3ccc(NC(=O)COC(=O)C4CCC4)cc3)sc2c1. The first-order chi connectivity index (χ1) is 13.1. The normalized spacial score (nSPS) is 14.0. The van der Waals surface area contributed by atoms with E-state index >= 15 is 0 Å². The molecule has 0 spiro atoms. The Balaban J connectivity index is 1.37. The smallest absolute Gasteiger partial charge is 0.309 e. The second kappa shape index (κ2) is 7.48. The number of hydrogen-bond donors (Lipinski definition) is 1. The number of benzene rings is 2. The van der Waals surface area contributed by atoms with Crippen LogP contribution in [-0.4, -0.2) is 23.5 Å². The molecule has 138 valence electrons. The minimum atomic E-state index is -0.328. The summed E-state index contributed by atoms with van der Waals surface area (Å²) in [5.41, 5.74) is 3.88. The van der Waals surface area contributed by atoms with Gasteiger partial charge in [0.25, 0.3) is 5.91 Å². The van der Waals surface area contributed by atoms with Crippen molar-refractivity contribution in [3.63, 3.8) is 0 Å². The maximum Gasteiger partial charge on any atom is 0.309 e. The quantitative estimate of drug-likeness (QED) is 0.659.